The van der Waals surface area contributed by atoms with E-state index in [1.165, 1.54) is 11.3 Å². The number of amides is 1. The molecule has 0 spiro atoms. The number of nitrogens with zero attached hydrogens (tertiary/aromatic N) is 1. The van der Waals surface area contributed by atoms with Crippen molar-refractivity contribution in [1.82, 2.24) is 10.3 Å². The molecule has 1 heterocycles. The van der Waals surface area contributed by atoms with Gasteiger partial charge < -0.3 is 15.8 Å². The van der Waals surface area contributed by atoms with Crippen LogP contribution in [0.15, 0.2) is 29.6 Å². The first-order valence-electron chi connectivity index (χ1n) is 8.16. The van der Waals surface area contributed by atoms with E-state index in [1.54, 1.807) is 0 Å². The minimum atomic E-state index is -0.498. The Kier molecular flexibility index (Phi) is 6.61. The highest BCUT2D eigenvalue weighted by Gasteiger charge is 2.23. The number of carbonyl (C=O) groups is 1. The van der Waals surface area contributed by atoms with E-state index in [0.29, 0.717) is 11.7 Å². The molecule has 6 heteroatoms. The molecule has 0 saturated carbocycles. The van der Waals surface area contributed by atoms with Gasteiger partial charge in [0.25, 0.3) is 5.91 Å². The Balaban J connectivity index is 1.82. The standard InChI is InChI=1S/C18H25N3O2S/c1-12(2)16(23-15-8-4-6-13(3)10-15)17(22)20-9-5-7-14-11-24-18(19)21-14/h4,6,8,10-12,16H,5,7,9H2,1-3H3,(H2,19,21)(H,20,22). The van der Waals surface area contributed by atoms with Crippen LogP contribution < -0.4 is 15.8 Å². The summed E-state index contributed by atoms with van der Waals surface area (Å²) in [6.45, 7) is 6.56. The van der Waals surface area contributed by atoms with Crippen LogP contribution in [0.4, 0.5) is 5.13 Å². The van der Waals surface area contributed by atoms with E-state index in [2.05, 4.69) is 10.3 Å². The third kappa shape index (κ3) is 5.53. The van der Waals surface area contributed by atoms with Gasteiger partial charge in [-0.15, -0.1) is 11.3 Å². The van der Waals surface area contributed by atoms with Gasteiger partial charge in [-0.3, -0.25) is 4.79 Å². The first-order valence-corrected chi connectivity index (χ1v) is 9.04. The molecule has 0 aliphatic carbocycles. The van der Waals surface area contributed by atoms with Crippen molar-refractivity contribution >= 4 is 22.4 Å². The number of carbonyl (C=O) groups excluding carboxylic acids is 1. The molecule has 1 aromatic carbocycles. The van der Waals surface area contributed by atoms with Crippen LogP contribution in [0.25, 0.3) is 0 Å². The summed E-state index contributed by atoms with van der Waals surface area (Å²) in [4.78, 5) is 16.6. The van der Waals surface area contributed by atoms with Gasteiger partial charge in [0.2, 0.25) is 0 Å². The fourth-order valence-electron chi connectivity index (χ4n) is 2.35. The third-order valence-electron chi connectivity index (χ3n) is 3.59. The molecule has 130 valence electrons. The number of nitrogens with one attached hydrogen (secondary N) is 1. The quantitative estimate of drug-likeness (QED) is 0.719. The molecule has 0 aliphatic heterocycles. The molecule has 0 saturated heterocycles. The smallest absolute Gasteiger partial charge is 0.261 e. The minimum absolute atomic E-state index is 0.0794. The number of ether oxygens (including phenoxy) is 1. The van der Waals surface area contributed by atoms with Crippen molar-refractivity contribution in [3.63, 3.8) is 0 Å². The van der Waals surface area contributed by atoms with Gasteiger partial charge in [0.1, 0.15) is 5.75 Å². The molecule has 3 N–H and O–H groups in total. The largest absolute Gasteiger partial charge is 0.480 e. The van der Waals surface area contributed by atoms with E-state index in [0.717, 1.165) is 29.8 Å². The summed E-state index contributed by atoms with van der Waals surface area (Å²) >= 11 is 1.44. The molecule has 0 aliphatic rings. The predicted octanol–water partition coefficient (Wildman–Crippen LogP) is 3.19. The maximum Gasteiger partial charge on any atom is 0.261 e. The molecule has 1 amide bonds. The molecule has 2 aromatic rings. The summed E-state index contributed by atoms with van der Waals surface area (Å²) in [6, 6.07) is 7.75. The summed E-state index contributed by atoms with van der Waals surface area (Å²) in [7, 11) is 0. The lowest BCUT2D eigenvalue weighted by Crippen LogP contribution is -2.42. The van der Waals surface area contributed by atoms with Crippen molar-refractivity contribution in [2.45, 2.75) is 39.7 Å². The van der Waals surface area contributed by atoms with Gasteiger partial charge in [0, 0.05) is 11.9 Å². The minimum Gasteiger partial charge on any atom is -0.480 e. The molecule has 2 rings (SSSR count). The Morgan fingerprint density at radius 3 is 2.83 bits per heavy atom. The average Bonchev–Trinajstić information content (AvgIpc) is 2.94. The monoisotopic (exact) mass is 347 g/mol. The van der Waals surface area contributed by atoms with E-state index in [-0.39, 0.29) is 11.8 Å². The number of aryl methyl sites for hydroxylation is 2. The molecule has 24 heavy (non-hydrogen) atoms. The van der Waals surface area contributed by atoms with Crippen LogP contribution in [0.2, 0.25) is 0 Å². The van der Waals surface area contributed by atoms with Crippen molar-refractivity contribution in [3.05, 3.63) is 40.9 Å². The molecule has 0 radical (unpaired) electrons. The maximum absolute atomic E-state index is 12.4. The van der Waals surface area contributed by atoms with E-state index >= 15 is 0 Å². The fraction of sp³-hybridized carbons (Fsp3) is 0.444. The first-order chi connectivity index (χ1) is 11.5. The first kappa shape index (κ1) is 18.3. The number of benzene rings is 1. The Labute approximate surface area is 147 Å². The van der Waals surface area contributed by atoms with Gasteiger partial charge in [-0.1, -0.05) is 26.0 Å². The topological polar surface area (TPSA) is 77.2 Å². The van der Waals surface area contributed by atoms with E-state index in [4.69, 9.17) is 10.5 Å². The zero-order chi connectivity index (χ0) is 17.5. The van der Waals surface area contributed by atoms with Crippen molar-refractivity contribution in [2.75, 3.05) is 12.3 Å². The summed E-state index contributed by atoms with van der Waals surface area (Å²) < 4.78 is 5.90. The number of nitrogens with two attached hydrogens (primary N) is 1. The highest BCUT2D eigenvalue weighted by atomic mass is 32.1. The Bertz CT molecular complexity index is 670. The molecule has 1 aromatic heterocycles. The second kappa shape index (κ2) is 8.68. The van der Waals surface area contributed by atoms with Crippen LogP contribution in [-0.4, -0.2) is 23.5 Å². The molecule has 5 nitrogen and oxygen atoms in total. The zero-order valence-electron chi connectivity index (χ0n) is 14.4. The van der Waals surface area contributed by atoms with Gasteiger partial charge in [0.05, 0.1) is 5.69 Å². The van der Waals surface area contributed by atoms with Crippen LogP contribution >= 0.6 is 11.3 Å². The normalized spacial score (nSPS) is 12.2. The van der Waals surface area contributed by atoms with Crippen molar-refractivity contribution < 1.29 is 9.53 Å². The van der Waals surface area contributed by atoms with Crippen LogP contribution in [-0.2, 0) is 11.2 Å². The summed E-state index contributed by atoms with van der Waals surface area (Å²) in [5, 5.41) is 5.49. The number of hydrogen-bond donors (Lipinski definition) is 2. The van der Waals surface area contributed by atoms with Gasteiger partial charge >= 0.3 is 0 Å². The van der Waals surface area contributed by atoms with Crippen molar-refractivity contribution in [3.8, 4) is 5.75 Å². The number of thiazole rings is 1. The number of nitrogen functional groups attached to an aromatic ring is 1. The third-order valence-corrected chi connectivity index (χ3v) is 4.32. The second-order valence-corrected chi connectivity index (χ2v) is 7.06. The number of aromatic nitrogens is 1. The molecular formula is C18H25N3O2S. The molecule has 0 bridgehead atoms. The van der Waals surface area contributed by atoms with Crippen LogP contribution in [0.3, 0.4) is 0 Å². The van der Waals surface area contributed by atoms with Gasteiger partial charge in [-0.05, 0) is 43.4 Å². The Hall–Kier alpha value is -2.08. The highest BCUT2D eigenvalue weighted by molar-refractivity contribution is 7.13. The molecule has 0 fully saturated rings. The second-order valence-electron chi connectivity index (χ2n) is 6.17. The lowest BCUT2D eigenvalue weighted by atomic mass is 10.1. The summed E-state index contributed by atoms with van der Waals surface area (Å²) in [5.74, 6) is 0.731. The molecule has 1 atom stereocenters. The summed E-state index contributed by atoms with van der Waals surface area (Å²) in [5.41, 5.74) is 7.69. The van der Waals surface area contributed by atoms with Gasteiger partial charge in [0.15, 0.2) is 11.2 Å². The number of anilines is 1. The predicted molar refractivity (Wildman–Crippen MR) is 98.3 cm³/mol. The van der Waals surface area contributed by atoms with E-state index in [9.17, 15) is 4.79 Å². The van der Waals surface area contributed by atoms with Crippen LogP contribution in [0.5, 0.6) is 5.75 Å². The van der Waals surface area contributed by atoms with E-state index < -0.39 is 6.10 Å². The average molecular weight is 347 g/mol. The van der Waals surface area contributed by atoms with Crippen molar-refractivity contribution in [1.29, 1.82) is 0 Å². The van der Waals surface area contributed by atoms with Gasteiger partial charge in [-0.2, -0.15) is 0 Å². The Morgan fingerprint density at radius 1 is 1.42 bits per heavy atom. The Morgan fingerprint density at radius 2 is 2.21 bits per heavy atom. The fourth-order valence-corrected chi connectivity index (χ4v) is 2.94. The number of rotatable bonds is 8. The van der Waals surface area contributed by atoms with Gasteiger partial charge in [-0.25, -0.2) is 4.98 Å². The summed E-state index contributed by atoms with van der Waals surface area (Å²) in [6.07, 6.45) is 1.13. The number of hydrogen-bond acceptors (Lipinski definition) is 5. The lowest BCUT2D eigenvalue weighted by Gasteiger charge is -2.22. The van der Waals surface area contributed by atoms with E-state index in [1.807, 2.05) is 50.4 Å². The highest BCUT2D eigenvalue weighted by Crippen LogP contribution is 2.18. The SMILES string of the molecule is Cc1cccc(OC(C(=O)NCCCc2csc(N)n2)C(C)C)c1. The molecule has 1 unspecified atom stereocenters. The molecular weight excluding hydrogens is 322 g/mol. The van der Waals surface area contributed by atoms with Crippen molar-refractivity contribution in [2.24, 2.45) is 5.92 Å². The maximum atomic E-state index is 12.4. The van der Waals surface area contributed by atoms with Crippen LogP contribution in [0.1, 0.15) is 31.5 Å². The zero-order valence-corrected chi connectivity index (χ0v) is 15.2. The lowest BCUT2D eigenvalue weighted by molar-refractivity contribution is -0.129. The van der Waals surface area contributed by atoms with Crippen LogP contribution in [0, 0.1) is 12.8 Å².